The Hall–Kier alpha value is -2.55. The van der Waals surface area contributed by atoms with E-state index in [1.807, 2.05) is 4.90 Å². The van der Waals surface area contributed by atoms with Gasteiger partial charge in [0, 0.05) is 12.0 Å². The molecule has 3 nitrogen and oxygen atoms in total. The molecule has 132 valence electrons. The number of ether oxygens (including phenoxy) is 1. The summed E-state index contributed by atoms with van der Waals surface area (Å²) in [4.78, 5) is 14.8. The minimum atomic E-state index is -0.150. The Morgan fingerprint density at radius 3 is 2.35 bits per heavy atom. The van der Waals surface area contributed by atoms with Gasteiger partial charge in [-0.15, -0.1) is 0 Å². The van der Waals surface area contributed by atoms with E-state index in [4.69, 9.17) is 4.74 Å². The number of nitrogens with zero attached hydrogens (tertiary/aromatic N) is 1. The van der Waals surface area contributed by atoms with Crippen molar-refractivity contribution in [3.8, 4) is 11.1 Å². The molecule has 2 heterocycles. The zero-order valence-electron chi connectivity index (χ0n) is 15.0. The summed E-state index contributed by atoms with van der Waals surface area (Å²) >= 11 is 0. The van der Waals surface area contributed by atoms with Crippen molar-refractivity contribution in [3.05, 3.63) is 71.3 Å². The number of hydrogen-bond donors (Lipinski definition) is 0. The second-order valence-electron chi connectivity index (χ2n) is 7.73. The molecular formula is C23H23NO2. The number of carbonyl (C=O) groups is 1. The maximum Gasteiger partial charge on any atom is 0.410 e. The van der Waals surface area contributed by atoms with Crippen LogP contribution in [0.25, 0.3) is 11.1 Å². The van der Waals surface area contributed by atoms with Crippen LogP contribution < -0.4 is 0 Å². The van der Waals surface area contributed by atoms with Crippen molar-refractivity contribution in [1.29, 1.82) is 0 Å². The molecule has 1 aliphatic carbocycles. The summed E-state index contributed by atoms with van der Waals surface area (Å²) in [6, 6.07) is 17.5. The van der Waals surface area contributed by atoms with E-state index >= 15 is 0 Å². The van der Waals surface area contributed by atoms with E-state index in [2.05, 4.69) is 61.5 Å². The van der Waals surface area contributed by atoms with E-state index in [0.29, 0.717) is 12.6 Å². The third-order valence-corrected chi connectivity index (χ3v) is 6.13. The van der Waals surface area contributed by atoms with Crippen molar-refractivity contribution in [2.45, 2.75) is 44.2 Å². The Balaban J connectivity index is 1.37. The summed E-state index contributed by atoms with van der Waals surface area (Å²) in [6.45, 7) is 2.58. The standard InChI is InChI=1S/C23H23NO2/c1-15-12-16-10-11-17(13-15)24(16)23(25)26-14-22-20-8-4-2-6-18(20)19-7-3-5-9-21(19)22/h2-9,12,16-17,22H,10-11,13-14H2,1H3. The molecule has 0 saturated carbocycles. The molecule has 2 bridgehead atoms. The van der Waals surface area contributed by atoms with Crippen LogP contribution in [-0.4, -0.2) is 29.7 Å². The van der Waals surface area contributed by atoms with Crippen LogP contribution >= 0.6 is 0 Å². The van der Waals surface area contributed by atoms with E-state index in [1.54, 1.807) is 0 Å². The van der Waals surface area contributed by atoms with E-state index in [1.165, 1.54) is 27.8 Å². The molecule has 1 saturated heterocycles. The van der Waals surface area contributed by atoms with Gasteiger partial charge in [0.05, 0.1) is 6.04 Å². The van der Waals surface area contributed by atoms with E-state index in [9.17, 15) is 4.79 Å². The van der Waals surface area contributed by atoms with Crippen LogP contribution in [0.5, 0.6) is 0 Å². The number of rotatable bonds is 2. The molecule has 0 spiro atoms. The molecule has 2 aliphatic heterocycles. The van der Waals surface area contributed by atoms with Crippen LogP contribution in [-0.2, 0) is 4.74 Å². The molecule has 3 heteroatoms. The molecule has 26 heavy (non-hydrogen) atoms. The Labute approximate surface area is 154 Å². The fourth-order valence-corrected chi connectivity index (χ4v) is 5.00. The minimum Gasteiger partial charge on any atom is -0.448 e. The second kappa shape index (κ2) is 6.01. The maximum absolute atomic E-state index is 12.8. The first-order valence-corrected chi connectivity index (χ1v) is 9.53. The van der Waals surface area contributed by atoms with Crippen LogP contribution in [0, 0.1) is 0 Å². The molecule has 2 aromatic rings. The Kier molecular flexibility index (Phi) is 3.63. The predicted molar refractivity (Wildman–Crippen MR) is 102 cm³/mol. The van der Waals surface area contributed by atoms with Crippen LogP contribution in [0.4, 0.5) is 4.79 Å². The van der Waals surface area contributed by atoms with Gasteiger partial charge in [-0.2, -0.15) is 0 Å². The molecule has 0 radical (unpaired) electrons. The molecule has 2 unspecified atom stereocenters. The predicted octanol–water partition coefficient (Wildman–Crippen LogP) is 5.12. The molecule has 0 N–H and O–H groups in total. The van der Waals surface area contributed by atoms with Gasteiger partial charge >= 0.3 is 6.09 Å². The van der Waals surface area contributed by atoms with E-state index in [-0.39, 0.29) is 18.1 Å². The fraction of sp³-hybridized carbons (Fsp3) is 0.348. The van der Waals surface area contributed by atoms with Gasteiger partial charge < -0.3 is 4.74 Å². The largest absolute Gasteiger partial charge is 0.448 e. The summed E-state index contributed by atoms with van der Waals surface area (Å²) in [5.41, 5.74) is 6.46. The lowest BCUT2D eigenvalue weighted by Crippen LogP contribution is -2.43. The molecule has 2 atom stereocenters. The first kappa shape index (κ1) is 15.7. The lowest BCUT2D eigenvalue weighted by Gasteiger charge is -2.32. The molecule has 2 aromatic carbocycles. The van der Waals surface area contributed by atoms with Crippen molar-refractivity contribution < 1.29 is 9.53 Å². The number of hydrogen-bond acceptors (Lipinski definition) is 2. The topological polar surface area (TPSA) is 29.5 Å². The van der Waals surface area contributed by atoms with Gasteiger partial charge in [0.15, 0.2) is 0 Å². The van der Waals surface area contributed by atoms with Gasteiger partial charge in [0.25, 0.3) is 0 Å². The normalized spacial score (nSPS) is 23.4. The summed E-state index contributed by atoms with van der Waals surface area (Å²) < 4.78 is 5.85. The summed E-state index contributed by atoms with van der Waals surface area (Å²) in [7, 11) is 0. The van der Waals surface area contributed by atoms with E-state index in [0.717, 1.165) is 19.3 Å². The monoisotopic (exact) mass is 345 g/mol. The number of amides is 1. The molecule has 1 fully saturated rings. The SMILES string of the molecule is CC1=CC2CCC(C1)N2C(=O)OCC1c2ccccc2-c2ccccc21. The molecule has 0 aromatic heterocycles. The third-order valence-electron chi connectivity index (χ3n) is 6.13. The van der Waals surface area contributed by atoms with Gasteiger partial charge in [-0.25, -0.2) is 4.79 Å². The van der Waals surface area contributed by atoms with Crippen molar-refractivity contribution in [1.82, 2.24) is 4.90 Å². The lowest BCUT2D eigenvalue weighted by molar-refractivity contribution is 0.0851. The quantitative estimate of drug-likeness (QED) is 0.707. The minimum absolute atomic E-state index is 0.131. The number of benzene rings is 2. The van der Waals surface area contributed by atoms with E-state index < -0.39 is 0 Å². The van der Waals surface area contributed by atoms with Crippen molar-refractivity contribution in [2.75, 3.05) is 6.61 Å². The van der Waals surface area contributed by atoms with Crippen LogP contribution in [0.1, 0.15) is 43.2 Å². The maximum atomic E-state index is 12.8. The summed E-state index contributed by atoms with van der Waals surface area (Å²) in [5, 5.41) is 0. The van der Waals surface area contributed by atoms with Crippen LogP contribution in [0.15, 0.2) is 60.2 Å². The number of fused-ring (bicyclic) bond motifs is 5. The molecular weight excluding hydrogens is 322 g/mol. The molecule has 5 rings (SSSR count). The average Bonchev–Trinajstić information content (AvgIpc) is 3.12. The van der Waals surface area contributed by atoms with Gasteiger partial charge in [-0.05, 0) is 48.4 Å². The fourth-order valence-electron chi connectivity index (χ4n) is 5.00. The van der Waals surface area contributed by atoms with Gasteiger partial charge in [0.1, 0.15) is 6.61 Å². The van der Waals surface area contributed by atoms with Crippen molar-refractivity contribution >= 4 is 6.09 Å². The molecule has 3 aliphatic rings. The second-order valence-corrected chi connectivity index (χ2v) is 7.73. The third kappa shape index (κ3) is 2.38. The zero-order chi connectivity index (χ0) is 17.7. The Bertz CT molecular complexity index is 855. The van der Waals surface area contributed by atoms with Crippen molar-refractivity contribution in [2.24, 2.45) is 0 Å². The van der Waals surface area contributed by atoms with Gasteiger partial charge in [-0.3, -0.25) is 4.90 Å². The average molecular weight is 345 g/mol. The van der Waals surface area contributed by atoms with Gasteiger partial charge in [0.2, 0.25) is 0 Å². The molecule has 1 amide bonds. The first-order chi connectivity index (χ1) is 12.7. The van der Waals surface area contributed by atoms with Crippen molar-refractivity contribution in [3.63, 3.8) is 0 Å². The van der Waals surface area contributed by atoms with Crippen LogP contribution in [0.2, 0.25) is 0 Å². The highest BCUT2D eigenvalue weighted by Crippen LogP contribution is 2.44. The first-order valence-electron chi connectivity index (χ1n) is 9.53. The lowest BCUT2D eigenvalue weighted by atomic mass is 9.98. The Morgan fingerprint density at radius 1 is 1.04 bits per heavy atom. The highest BCUT2D eigenvalue weighted by atomic mass is 16.6. The summed E-state index contributed by atoms with van der Waals surface area (Å²) in [5.74, 6) is 0.131. The number of carbonyl (C=O) groups excluding carboxylic acids is 1. The van der Waals surface area contributed by atoms with Crippen LogP contribution in [0.3, 0.4) is 0 Å². The highest BCUT2D eigenvalue weighted by molar-refractivity contribution is 5.79. The highest BCUT2D eigenvalue weighted by Gasteiger charge is 2.40. The summed E-state index contributed by atoms with van der Waals surface area (Å²) in [6.07, 6.45) is 5.23. The smallest absolute Gasteiger partial charge is 0.410 e. The zero-order valence-corrected chi connectivity index (χ0v) is 15.0. The Morgan fingerprint density at radius 2 is 1.69 bits per heavy atom. The van der Waals surface area contributed by atoms with Gasteiger partial charge in [-0.1, -0.05) is 60.2 Å².